The highest BCUT2D eigenvalue weighted by molar-refractivity contribution is 6.31. The van der Waals surface area contributed by atoms with Gasteiger partial charge in [-0.05, 0) is 24.3 Å². The van der Waals surface area contributed by atoms with Gasteiger partial charge < -0.3 is 10.0 Å². The van der Waals surface area contributed by atoms with Crippen LogP contribution in [0.5, 0.6) is 0 Å². The predicted octanol–water partition coefficient (Wildman–Crippen LogP) is 2.19. The summed E-state index contributed by atoms with van der Waals surface area (Å²) in [6, 6.07) is 9.33. The van der Waals surface area contributed by atoms with Crippen LogP contribution >= 0.6 is 11.6 Å². The second kappa shape index (κ2) is 4.69. The van der Waals surface area contributed by atoms with Crippen LogP contribution in [0.1, 0.15) is 5.56 Å². The molecule has 0 radical (unpaired) electrons. The van der Waals surface area contributed by atoms with Crippen LogP contribution in [0.15, 0.2) is 24.3 Å². The Labute approximate surface area is 115 Å². The van der Waals surface area contributed by atoms with E-state index >= 15 is 0 Å². The smallest absolute Gasteiger partial charge is 0.130 e. The van der Waals surface area contributed by atoms with Crippen LogP contribution in [-0.2, 0) is 0 Å². The third-order valence-corrected chi connectivity index (χ3v) is 3.65. The van der Waals surface area contributed by atoms with Crippen molar-refractivity contribution in [2.45, 2.75) is 0 Å². The lowest BCUT2D eigenvalue weighted by Crippen LogP contribution is -2.48. The highest BCUT2D eigenvalue weighted by atomic mass is 35.5. The molecule has 3 rings (SSSR count). The monoisotopic (exact) mass is 273 g/mol. The van der Waals surface area contributed by atoms with Gasteiger partial charge in [0.25, 0.3) is 0 Å². The first-order chi connectivity index (χ1) is 9.21. The fraction of sp³-hybridized carbons (Fsp3) is 0.286. The summed E-state index contributed by atoms with van der Waals surface area (Å²) in [6.45, 7) is 1.77. The summed E-state index contributed by atoms with van der Waals surface area (Å²) in [5.41, 5.74) is 1.35. The number of hydrogen-bond acceptors (Lipinski definition) is 4. The van der Waals surface area contributed by atoms with Crippen LogP contribution in [0, 0.1) is 17.2 Å². The van der Waals surface area contributed by atoms with Crippen molar-refractivity contribution in [3.05, 3.63) is 34.9 Å². The first-order valence-corrected chi connectivity index (χ1v) is 6.45. The quantitative estimate of drug-likeness (QED) is 0.911. The molecular formula is C14H12ClN3O. The zero-order valence-corrected chi connectivity index (χ0v) is 10.9. The number of rotatable bonds is 2. The van der Waals surface area contributed by atoms with Crippen LogP contribution in [-0.4, -0.2) is 29.8 Å². The van der Waals surface area contributed by atoms with E-state index in [1.165, 1.54) is 0 Å². The molecule has 0 amide bonds. The average Bonchev–Trinajstić information content (AvgIpc) is 2.37. The number of aliphatic hydroxyl groups is 1. The van der Waals surface area contributed by atoms with Gasteiger partial charge in [-0.15, -0.1) is 0 Å². The van der Waals surface area contributed by atoms with Crippen molar-refractivity contribution < 1.29 is 5.11 Å². The Balaban J connectivity index is 2.04. The van der Waals surface area contributed by atoms with E-state index in [4.69, 9.17) is 16.7 Å². The number of aromatic nitrogens is 1. The summed E-state index contributed by atoms with van der Waals surface area (Å²) in [7, 11) is 0. The van der Waals surface area contributed by atoms with Crippen LogP contribution in [0.4, 0.5) is 5.82 Å². The van der Waals surface area contributed by atoms with Crippen LogP contribution < -0.4 is 4.90 Å². The Kier molecular flexibility index (Phi) is 3.02. The van der Waals surface area contributed by atoms with Crippen LogP contribution in [0.25, 0.3) is 10.9 Å². The second-order valence-corrected chi connectivity index (χ2v) is 5.19. The molecule has 5 heteroatoms. The number of nitriles is 1. The third kappa shape index (κ3) is 2.12. The van der Waals surface area contributed by atoms with E-state index < -0.39 is 0 Å². The van der Waals surface area contributed by atoms with Gasteiger partial charge in [-0.1, -0.05) is 11.6 Å². The number of nitrogens with zero attached hydrogens (tertiary/aromatic N) is 3. The lowest BCUT2D eigenvalue weighted by molar-refractivity contribution is 0.200. The average molecular weight is 274 g/mol. The highest BCUT2D eigenvalue weighted by Crippen LogP contribution is 2.28. The van der Waals surface area contributed by atoms with Gasteiger partial charge in [0.05, 0.1) is 17.1 Å². The second-order valence-electron chi connectivity index (χ2n) is 4.75. The molecule has 1 saturated heterocycles. The number of fused-ring (bicyclic) bond motifs is 1. The minimum atomic E-state index is 0.199. The Morgan fingerprint density at radius 3 is 2.89 bits per heavy atom. The van der Waals surface area contributed by atoms with Crippen molar-refractivity contribution in [1.29, 1.82) is 5.26 Å². The summed E-state index contributed by atoms with van der Waals surface area (Å²) in [5, 5.41) is 19.7. The van der Waals surface area contributed by atoms with Gasteiger partial charge in [-0.3, -0.25) is 0 Å². The number of anilines is 1. The molecule has 1 aliphatic heterocycles. The molecule has 1 N–H and O–H groups in total. The molecule has 0 unspecified atom stereocenters. The SMILES string of the molecule is N#Cc1cc(N2CC(CO)C2)nc2ccc(Cl)cc12. The number of hydrogen-bond donors (Lipinski definition) is 1. The normalized spacial score (nSPS) is 15.3. The topological polar surface area (TPSA) is 60.2 Å². The number of pyridine rings is 1. The minimum absolute atomic E-state index is 0.199. The third-order valence-electron chi connectivity index (χ3n) is 3.42. The number of aliphatic hydroxyl groups excluding tert-OH is 1. The van der Waals surface area contributed by atoms with Gasteiger partial charge in [-0.25, -0.2) is 4.98 Å². The van der Waals surface area contributed by atoms with Gasteiger partial charge in [0.1, 0.15) is 5.82 Å². The molecule has 0 saturated carbocycles. The molecule has 19 heavy (non-hydrogen) atoms. The van der Waals surface area contributed by atoms with Gasteiger partial charge in [0.2, 0.25) is 0 Å². The van der Waals surface area contributed by atoms with Crippen molar-refractivity contribution in [1.82, 2.24) is 4.98 Å². The molecule has 0 spiro atoms. The molecular weight excluding hydrogens is 262 g/mol. The number of benzene rings is 1. The molecule has 1 aromatic carbocycles. The molecule has 0 atom stereocenters. The fourth-order valence-electron chi connectivity index (χ4n) is 2.31. The summed E-state index contributed by atoms with van der Waals surface area (Å²) < 4.78 is 0. The molecule has 96 valence electrons. The zero-order chi connectivity index (χ0) is 13.4. The van der Waals surface area contributed by atoms with Crippen molar-refractivity contribution in [2.24, 2.45) is 5.92 Å². The molecule has 0 bridgehead atoms. The van der Waals surface area contributed by atoms with Crippen LogP contribution in [0.2, 0.25) is 5.02 Å². The van der Waals surface area contributed by atoms with E-state index in [1.54, 1.807) is 18.2 Å². The molecule has 0 aliphatic carbocycles. The van der Waals surface area contributed by atoms with Gasteiger partial charge in [0.15, 0.2) is 0 Å². The van der Waals surface area contributed by atoms with E-state index in [2.05, 4.69) is 16.0 Å². The van der Waals surface area contributed by atoms with Crippen LogP contribution in [0.3, 0.4) is 0 Å². The van der Waals surface area contributed by atoms with E-state index in [-0.39, 0.29) is 6.61 Å². The van der Waals surface area contributed by atoms with E-state index in [0.717, 1.165) is 29.8 Å². The predicted molar refractivity (Wildman–Crippen MR) is 74.3 cm³/mol. The number of halogens is 1. The Hall–Kier alpha value is -1.83. The Morgan fingerprint density at radius 2 is 2.21 bits per heavy atom. The summed E-state index contributed by atoms with van der Waals surface area (Å²) in [5.74, 6) is 1.10. The van der Waals surface area contributed by atoms with Crippen molar-refractivity contribution in [3.63, 3.8) is 0 Å². The van der Waals surface area contributed by atoms with Crippen molar-refractivity contribution in [3.8, 4) is 6.07 Å². The molecule has 1 aliphatic rings. The highest BCUT2D eigenvalue weighted by Gasteiger charge is 2.27. The molecule has 1 aromatic heterocycles. The maximum Gasteiger partial charge on any atom is 0.130 e. The van der Waals surface area contributed by atoms with Crippen molar-refractivity contribution in [2.75, 3.05) is 24.6 Å². The Bertz CT molecular complexity index is 674. The standard InChI is InChI=1S/C14H12ClN3O/c15-11-1-2-13-12(4-11)10(5-16)3-14(17-13)18-6-9(7-18)8-19/h1-4,9,19H,6-8H2. The molecule has 4 nitrogen and oxygen atoms in total. The first kappa shape index (κ1) is 12.2. The van der Waals surface area contributed by atoms with E-state index in [1.807, 2.05) is 6.07 Å². The zero-order valence-electron chi connectivity index (χ0n) is 10.2. The van der Waals surface area contributed by atoms with E-state index in [9.17, 15) is 5.26 Å². The van der Waals surface area contributed by atoms with Crippen molar-refractivity contribution >= 4 is 28.3 Å². The summed E-state index contributed by atoms with van der Waals surface area (Å²) in [6.07, 6.45) is 0. The minimum Gasteiger partial charge on any atom is -0.396 e. The largest absolute Gasteiger partial charge is 0.396 e. The lowest BCUT2D eigenvalue weighted by atomic mass is 10.0. The maximum absolute atomic E-state index is 9.24. The lowest BCUT2D eigenvalue weighted by Gasteiger charge is -2.39. The van der Waals surface area contributed by atoms with E-state index in [0.29, 0.717) is 16.5 Å². The molecule has 2 heterocycles. The van der Waals surface area contributed by atoms with Gasteiger partial charge in [-0.2, -0.15) is 5.26 Å². The summed E-state index contributed by atoms with van der Waals surface area (Å²) >= 11 is 5.95. The fourth-order valence-corrected chi connectivity index (χ4v) is 2.48. The first-order valence-electron chi connectivity index (χ1n) is 6.07. The van der Waals surface area contributed by atoms with Gasteiger partial charge >= 0.3 is 0 Å². The Morgan fingerprint density at radius 1 is 1.42 bits per heavy atom. The molecule has 2 aromatic rings. The maximum atomic E-state index is 9.24. The van der Waals surface area contributed by atoms with Gasteiger partial charge in [0, 0.05) is 36.0 Å². The summed E-state index contributed by atoms with van der Waals surface area (Å²) in [4.78, 5) is 6.62. The molecule has 1 fully saturated rings.